The molecule has 1 amide bonds. The first-order valence-electron chi connectivity index (χ1n) is 15.7. The van der Waals surface area contributed by atoms with E-state index >= 15 is 0 Å². The number of ether oxygens (including phenoxy) is 1. The van der Waals surface area contributed by atoms with Crippen LogP contribution in [0.15, 0.2) is 85.3 Å². The minimum atomic E-state index is -0.704. The number of amides is 1. The third-order valence-electron chi connectivity index (χ3n) is 8.64. The normalized spacial score (nSPS) is 16.0. The summed E-state index contributed by atoms with van der Waals surface area (Å²) in [6.45, 7) is 5.39. The zero-order valence-corrected chi connectivity index (χ0v) is 26.0. The van der Waals surface area contributed by atoms with Crippen molar-refractivity contribution in [2.24, 2.45) is 5.92 Å². The van der Waals surface area contributed by atoms with E-state index in [-0.39, 0.29) is 24.7 Å². The maximum Gasteiger partial charge on any atom is 0.410 e. The number of hydrogen-bond acceptors (Lipinski definition) is 8. The Bertz CT molecular complexity index is 1850. The highest BCUT2D eigenvalue weighted by Gasteiger charge is 2.30. The molecule has 1 fully saturated rings. The lowest BCUT2D eigenvalue weighted by molar-refractivity contribution is 0.0371. The fourth-order valence-corrected chi connectivity index (χ4v) is 6.02. The average molecular weight is 616 g/mol. The molecule has 5 aromatic rings. The van der Waals surface area contributed by atoms with Crippen LogP contribution in [0.5, 0.6) is 0 Å². The number of anilines is 1. The number of likely N-dealkylation sites (tertiary alicyclic amines) is 1. The number of aromatic nitrogens is 4. The minimum absolute atomic E-state index is 0.0853. The lowest BCUT2D eigenvalue weighted by Crippen LogP contribution is -2.41. The Labute approximate surface area is 268 Å². The number of nitrogens with zero attached hydrogens (tertiary/aromatic N) is 6. The van der Waals surface area contributed by atoms with Gasteiger partial charge in [-0.05, 0) is 54.5 Å². The standard InChI is InChI=1S/C36H37N7O3/c1-3-26-11-8-18-43-31(21-38-34(26)43)32-30(19-37)20-39-35(41-32)40-24(2)27-13-15-28(16-14-27)33(44)29-12-7-17-42(22-29)36(45)46-23-25-9-5-4-6-10-25/h4-6,8-11,13-16,18,20-21,24,29,33,44H,3,7,12,17,22-23H2,1-2H3,(H,39,40,41)/t24-,29?,33?/m0/s1. The average Bonchev–Trinajstić information content (AvgIpc) is 3.55. The van der Waals surface area contributed by atoms with Crippen LogP contribution in [0.1, 0.15) is 66.7 Å². The van der Waals surface area contributed by atoms with Gasteiger partial charge in [-0.1, -0.05) is 67.6 Å². The summed E-state index contributed by atoms with van der Waals surface area (Å²) in [6.07, 6.45) is 6.63. The molecule has 2 N–H and O–H groups in total. The Hall–Kier alpha value is -5.27. The molecule has 10 nitrogen and oxygen atoms in total. The Morgan fingerprint density at radius 1 is 1.09 bits per heavy atom. The number of benzene rings is 2. The molecule has 6 rings (SSSR count). The number of rotatable bonds is 9. The number of piperidine rings is 1. The molecule has 234 valence electrons. The van der Waals surface area contributed by atoms with Gasteiger partial charge in [-0.25, -0.2) is 19.7 Å². The summed E-state index contributed by atoms with van der Waals surface area (Å²) >= 11 is 0. The van der Waals surface area contributed by atoms with Crippen molar-refractivity contribution >= 4 is 17.7 Å². The first-order chi connectivity index (χ1) is 22.4. The van der Waals surface area contributed by atoms with E-state index in [0.29, 0.717) is 30.3 Å². The first-order valence-corrected chi connectivity index (χ1v) is 15.7. The fourth-order valence-electron chi connectivity index (χ4n) is 6.02. The van der Waals surface area contributed by atoms with E-state index in [4.69, 9.17) is 9.72 Å². The zero-order chi connectivity index (χ0) is 32.0. The van der Waals surface area contributed by atoms with E-state index < -0.39 is 6.10 Å². The van der Waals surface area contributed by atoms with Crippen LogP contribution in [-0.4, -0.2) is 48.5 Å². The Kier molecular flexibility index (Phi) is 9.22. The number of imidazole rings is 1. The predicted molar refractivity (Wildman–Crippen MR) is 175 cm³/mol. The number of fused-ring (bicyclic) bond motifs is 1. The van der Waals surface area contributed by atoms with Crippen LogP contribution < -0.4 is 5.32 Å². The molecule has 1 aliphatic heterocycles. The number of hydrogen-bond donors (Lipinski definition) is 2. The van der Waals surface area contributed by atoms with Gasteiger partial charge in [0.2, 0.25) is 5.95 Å². The number of carbonyl (C=O) groups is 1. The quantitative estimate of drug-likeness (QED) is 0.193. The van der Waals surface area contributed by atoms with E-state index in [1.165, 1.54) is 6.20 Å². The summed E-state index contributed by atoms with van der Waals surface area (Å²) in [7, 11) is 0. The maximum atomic E-state index is 12.7. The minimum Gasteiger partial charge on any atom is -0.445 e. The molecule has 46 heavy (non-hydrogen) atoms. The van der Waals surface area contributed by atoms with Crippen LogP contribution >= 0.6 is 0 Å². The van der Waals surface area contributed by atoms with Crippen LogP contribution in [0.3, 0.4) is 0 Å². The van der Waals surface area contributed by atoms with Crippen molar-refractivity contribution in [3.8, 4) is 17.5 Å². The highest BCUT2D eigenvalue weighted by molar-refractivity contribution is 5.69. The SMILES string of the molecule is CCc1cccn2c(-c3nc(N[C@@H](C)c4ccc(C(O)C5CCCN(C(=O)OCc6ccccc6)C5)cc4)ncc3C#N)cnc12. The van der Waals surface area contributed by atoms with E-state index in [0.717, 1.165) is 52.9 Å². The second-order valence-electron chi connectivity index (χ2n) is 11.7. The number of pyridine rings is 1. The molecule has 0 bridgehead atoms. The van der Waals surface area contributed by atoms with Gasteiger partial charge in [0.05, 0.1) is 35.8 Å². The topological polar surface area (TPSA) is 129 Å². The summed E-state index contributed by atoms with van der Waals surface area (Å²) in [6, 6.07) is 23.5. The number of aliphatic hydroxyl groups is 1. The van der Waals surface area contributed by atoms with Crippen molar-refractivity contribution in [2.75, 3.05) is 18.4 Å². The summed E-state index contributed by atoms with van der Waals surface area (Å²) < 4.78 is 7.49. The Morgan fingerprint density at radius 3 is 2.63 bits per heavy atom. The summed E-state index contributed by atoms with van der Waals surface area (Å²) in [4.78, 5) is 28.2. The summed E-state index contributed by atoms with van der Waals surface area (Å²) in [5.41, 5.74) is 6.29. The summed E-state index contributed by atoms with van der Waals surface area (Å²) in [5, 5.41) is 24.4. The Morgan fingerprint density at radius 2 is 1.87 bits per heavy atom. The van der Waals surface area contributed by atoms with E-state index in [2.05, 4.69) is 28.3 Å². The number of nitrogens with one attached hydrogen (secondary N) is 1. The van der Waals surface area contributed by atoms with Gasteiger partial charge in [0.15, 0.2) is 0 Å². The highest BCUT2D eigenvalue weighted by atomic mass is 16.6. The van der Waals surface area contributed by atoms with Crippen LogP contribution in [0.2, 0.25) is 0 Å². The lowest BCUT2D eigenvalue weighted by atomic mass is 9.88. The van der Waals surface area contributed by atoms with E-state index in [1.807, 2.05) is 84.3 Å². The van der Waals surface area contributed by atoms with Gasteiger partial charge in [0.1, 0.15) is 24.0 Å². The number of aliphatic hydroxyl groups excluding tert-OH is 1. The van der Waals surface area contributed by atoms with Gasteiger partial charge in [-0.2, -0.15) is 5.26 Å². The molecule has 10 heteroatoms. The van der Waals surface area contributed by atoms with Crippen LogP contribution in [0.4, 0.5) is 10.7 Å². The van der Waals surface area contributed by atoms with Gasteiger partial charge in [0, 0.05) is 25.2 Å². The molecule has 0 aliphatic carbocycles. The predicted octanol–water partition coefficient (Wildman–Crippen LogP) is 6.48. The van der Waals surface area contributed by atoms with Gasteiger partial charge in [0.25, 0.3) is 0 Å². The van der Waals surface area contributed by atoms with Gasteiger partial charge in [-0.15, -0.1) is 0 Å². The molecular formula is C36H37N7O3. The van der Waals surface area contributed by atoms with Crippen LogP contribution in [0, 0.1) is 17.2 Å². The van der Waals surface area contributed by atoms with Crippen molar-refractivity contribution in [2.45, 2.75) is 51.9 Å². The second-order valence-corrected chi connectivity index (χ2v) is 11.7. The van der Waals surface area contributed by atoms with Crippen molar-refractivity contribution < 1.29 is 14.6 Å². The van der Waals surface area contributed by atoms with Gasteiger partial charge in [-0.3, -0.25) is 4.40 Å². The maximum absolute atomic E-state index is 12.7. The largest absolute Gasteiger partial charge is 0.445 e. The van der Waals surface area contributed by atoms with E-state index in [1.54, 1.807) is 11.1 Å². The summed E-state index contributed by atoms with van der Waals surface area (Å²) in [5.74, 6) is 0.312. The van der Waals surface area contributed by atoms with Crippen molar-refractivity contribution in [1.29, 1.82) is 5.26 Å². The van der Waals surface area contributed by atoms with Crippen molar-refractivity contribution in [3.05, 3.63) is 113 Å². The smallest absolute Gasteiger partial charge is 0.410 e. The second kappa shape index (κ2) is 13.8. The zero-order valence-electron chi connectivity index (χ0n) is 26.0. The first kappa shape index (κ1) is 30.7. The fraction of sp³-hybridized carbons (Fsp3) is 0.306. The third kappa shape index (κ3) is 6.55. The molecule has 0 spiro atoms. The van der Waals surface area contributed by atoms with Crippen LogP contribution in [-0.2, 0) is 17.8 Å². The van der Waals surface area contributed by atoms with Crippen molar-refractivity contribution in [1.82, 2.24) is 24.3 Å². The molecule has 0 radical (unpaired) electrons. The van der Waals surface area contributed by atoms with Crippen molar-refractivity contribution in [3.63, 3.8) is 0 Å². The monoisotopic (exact) mass is 615 g/mol. The van der Waals surface area contributed by atoms with E-state index in [9.17, 15) is 15.2 Å². The molecule has 2 aromatic carbocycles. The van der Waals surface area contributed by atoms with Crippen LogP contribution in [0.25, 0.3) is 17.0 Å². The molecule has 3 aromatic heterocycles. The number of nitriles is 1. The molecule has 0 saturated carbocycles. The number of carbonyl (C=O) groups excluding carboxylic acids is 1. The molecule has 3 atom stereocenters. The number of aryl methyl sites for hydroxylation is 1. The third-order valence-corrected chi connectivity index (χ3v) is 8.64. The van der Waals surface area contributed by atoms with Gasteiger partial charge >= 0.3 is 6.09 Å². The molecule has 2 unspecified atom stereocenters. The highest BCUT2D eigenvalue weighted by Crippen LogP contribution is 2.31. The molecular weight excluding hydrogens is 578 g/mol. The Balaban J connectivity index is 1.11. The molecule has 4 heterocycles. The van der Waals surface area contributed by atoms with Gasteiger partial charge < -0.3 is 20.1 Å². The lowest BCUT2D eigenvalue weighted by Gasteiger charge is -2.34. The molecule has 1 saturated heterocycles. The molecule has 1 aliphatic rings.